The molecule has 0 saturated heterocycles. The molecule has 1 aromatic heterocycles. The van der Waals surface area contributed by atoms with Crippen LogP contribution < -0.4 is 5.32 Å². The molecule has 0 fully saturated rings. The molecule has 1 amide bonds. The molecule has 0 radical (unpaired) electrons. The molecule has 1 aromatic rings. The Morgan fingerprint density at radius 2 is 2.60 bits per heavy atom. The predicted molar refractivity (Wildman–Crippen MR) is 36.2 cm³/mol. The van der Waals surface area contributed by atoms with Crippen LogP contribution in [0.4, 0.5) is 0 Å². The quantitative estimate of drug-likeness (QED) is 0.661. The number of hydrogen-bond acceptors (Lipinski definition) is 2. The summed E-state index contributed by atoms with van der Waals surface area (Å²) in [7, 11) is 0. The molecule has 0 aliphatic heterocycles. The van der Waals surface area contributed by atoms with Gasteiger partial charge in [-0.1, -0.05) is 0 Å². The Labute approximate surface area is 59.0 Å². The number of furan rings is 1. The van der Waals surface area contributed by atoms with Gasteiger partial charge in [-0.3, -0.25) is 4.79 Å². The third-order valence-electron chi connectivity index (χ3n) is 1.09. The van der Waals surface area contributed by atoms with Crippen molar-refractivity contribution in [2.75, 3.05) is 0 Å². The lowest BCUT2D eigenvalue weighted by molar-refractivity contribution is -0.119. The van der Waals surface area contributed by atoms with E-state index >= 15 is 0 Å². The van der Waals surface area contributed by atoms with Gasteiger partial charge in [0.05, 0.1) is 12.8 Å². The molecular weight excluding hydrogens is 130 g/mol. The van der Waals surface area contributed by atoms with Crippen molar-refractivity contribution in [2.24, 2.45) is 0 Å². The Bertz CT molecular complexity index is 203. The van der Waals surface area contributed by atoms with Gasteiger partial charge in [-0.15, -0.1) is 0 Å². The summed E-state index contributed by atoms with van der Waals surface area (Å²) in [6.07, 6.45) is 1.58. The SMILES string of the molecule is CC(=O)NCc1ccco1. The second-order valence-electron chi connectivity index (χ2n) is 1.99. The van der Waals surface area contributed by atoms with Gasteiger partial charge in [0.15, 0.2) is 0 Å². The summed E-state index contributed by atoms with van der Waals surface area (Å²) in [5, 5.41) is 2.62. The number of rotatable bonds is 2. The lowest BCUT2D eigenvalue weighted by Gasteiger charge is -1.95. The zero-order valence-electron chi connectivity index (χ0n) is 5.76. The fraction of sp³-hybridized carbons (Fsp3) is 0.286. The molecule has 3 nitrogen and oxygen atoms in total. The molecule has 54 valence electrons. The van der Waals surface area contributed by atoms with E-state index in [9.17, 15) is 4.79 Å². The zero-order chi connectivity index (χ0) is 7.40. The third kappa shape index (κ3) is 1.93. The van der Waals surface area contributed by atoms with Crippen LogP contribution in [-0.4, -0.2) is 5.91 Å². The van der Waals surface area contributed by atoms with Crippen molar-refractivity contribution in [2.45, 2.75) is 13.5 Å². The van der Waals surface area contributed by atoms with Gasteiger partial charge in [-0.2, -0.15) is 0 Å². The van der Waals surface area contributed by atoms with Crippen molar-refractivity contribution in [1.82, 2.24) is 5.32 Å². The average molecular weight is 139 g/mol. The first-order valence-electron chi connectivity index (χ1n) is 3.06. The van der Waals surface area contributed by atoms with Gasteiger partial charge in [0.2, 0.25) is 5.91 Å². The van der Waals surface area contributed by atoms with Crippen molar-refractivity contribution in [3.8, 4) is 0 Å². The third-order valence-corrected chi connectivity index (χ3v) is 1.09. The summed E-state index contributed by atoms with van der Waals surface area (Å²) in [5.41, 5.74) is 0. The van der Waals surface area contributed by atoms with Gasteiger partial charge < -0.3 is 9.73 Å². The minimum Gasteiger partial charge on any atom is -0.467 e. The lowest BCUT2D eigenvalue weighted by atomic mass is 10.4. The number of carbonyl (C=O) groups is 1. The summed E-state index contributed by atoms with van der Waals surface area (Å²) in [4.78, 5) is 10.4. The number of amides is 1. The van der Waals surface area contributed by atoms with E-state index in [1.807, 2.05) is 6.07 Å². The molecule has 0 bridgehead atoms. The minimum atomic E-state index is -0.0450. The van der Waals surface area contributed by atoms with Crippen LogP contribution in [0.1, 0.15) is 12.7 Å². The van der Waals surface area contributed by atoms with Gasteiger partial charge >= 0.3 is 0 Å². The van der Waals surface area contributed by atoms with E-state index in [1.165, 1.54) is 6.92 Å². The van der Waals surface area contributed by atoms with E-state index in [4.69, 9.17) is 4.42 Å². The minimum absolute atomic E-state index is 0.0450. The molecule has 0 aromatic carbocycles. The van der Waals surface area contributed by atoms with Crippen LogP contribution in [0.5, 0.6) is 0 Å². The van der Waals surface area contributed by atoms with Crippen molar-refractivity contribution < 1.29 is 9.21 Å². The summed E-state index contributed by atoms with van der Waals surface area (Å²) >= 11 is 0. The zero-order valence-corrected chi connectivity index (χ0v) is 5.76. The monoisotopic (exact) mass is 139 g/mol. The lowest BCUT2D eigenvalue weighted by Crippen LogP contribution is -2.18. The molecule has 1 N–H and O–H groups in total. The molecule has 0 unspecified atom stereocenters. The molecule has 0 atom stereocenters. The molecule has 1 rings (SSSR count). The molecule has 1 heterocycles. The van der Waals surface area contributed by atoms with Crippen LogP contribution in [0.25, 0.3) is 0 Å². The van der Waals surface area contributed by atoms with E-state index in [-0.39, 0.29) is 5.91 Å². The Kier molecular flexibility index (Phi) is 2.10. The molecule has 0 spiro atoms. The molecular formula is C7H9NO2. The number of hydrogen-bond donors (Lipinski definition) is 1. The molecule has 0 saturated carbocycles. The van der Waals surface area contributed by atoms with Gasteiger partial charge in [0, 0.05) is 6.92 Å². The van der Waals surface area contributed by atoms with E-state index in [0.717, 1.165) is 5.76 Å². The maximum atomic E-state index is 10.4. The van der Waals surface area contributed by atoms with Crippen molar-refractivity contribution in [3.05, 3.63) is 24.2 Å². The van der Waals surface area contributed by atoms with Gasteiger partial charge in [0.1, 0.15) is 5.76 Å². The predicted octanol–water partition coefficient (Wildman–Crippen LogP) is 0.916. The second-order valence-corrected chi connectivity index (χ2v) is 1.99. The maximum absolute atomic E-state index is 10.4. The van der Waals surface area contributed by atoms with Crippen LogP contribution in [0.15, 0.2) is 22.8 Å². The summed E-state index contributed by atoms with van der Waals surface area (Å²) in [6.45, 7) is 1.95. The normalized spacial score (nSPS) is 9.30. The first-order valence-corrected chi connectivity index (χ1v) is 3.06. The van der Waals surface area contributed by atoms with Crippen molar-refractivity contribution in [3.63, 3.8) is 0 Å². The van der Waals surface area contributed by atoms with Gasteiger partial charge in [-0.25, -0.2) is 0 Å². The maximum Gasteiger partial charge on any atom is 0.217 e. The van der Waals surface area contributed by atoms with Crippen molar-refractivity contribution in [1.29, 1.82) is 0 Å². The molecule has 0 aliphatic carbocycles. The average Bonchev–Trinajstić information content (AvgIpc) is 2.34. The van der Waals surface area contributed by atoms with E-state index in [0.29, 0.717) is 6.54 Å². The summed E-state index contributed by atoms with van der Waals surface area (Å²) in [6, 6.07) is 3.60. The Morgan fingerprint density at radius 3 is 3.10 bits per heavy atom. The first kappa shape index (κ1) is 6.86. The summed E-state index contributed by atoms with van der Waals surface area (Å²) in [5.74, 6) is 0.728. The number of carbonyl (C=O) groups excluding carboxylic acids is 1. The highest BCUT2D eigenvalue weighted by atomic mass is 16.3. The Morgan fingerprint density at radius 1 is 1.80 bits per heavy atom. The second kappa shape index (κ2) is 3.06. The van der Waals surface area contributed by atoms with Crippen LogP contribution in [0.2, 0.25) is 0 Å². The van der Waals surface area contributed by atoms with Crippen LogP contribution in [0.3, 0.4) is 0 Å². The Hall–Kier alpha value is -1.25. The van der Waals surface area contributed by atoms with E-state index in [1.54, 1.807) is 12.3 Å². The van der Waals surface area contributed by atoms with E-state index < -0.39 is 0 Å². The van der Waals surface area contributed by atoms with Crippen LogP contribution in [0, 0.1) is 0 Å². The highest BCUT2D eigenvalue weighted by molar-refractivity contribution is 5.72. The van der Waals surface area contributed by atoms with Gasteiger partial charge in [-0.05, 0) is 12.1 Å². The summed E-state index contributed by atoms with van der Waals surface area (Å²) < 4.78 is 4.97. The molecule has 0 aliphatic rings. The van der Waals surface area contributed by atoms with E-state index in [2.05, 4.69) is 5.32 Å². The molecule has 3 heteroatoms. The van der Waals surface area contributed by atoms with Gasteiger partial charge in [0.25, 0.3) is 0 Å². The molecule has 10 heavy (non-hydrogen) atoms. The topological polar surface area (TPSA) is 42.2 Å². The highest BCUT2D eigenvalue weighted by Gasteiger charge is 1.94. The largest absolute Gasteiger partial charge is 0.467 e. The number of nitrogens with one attached hydrogen (secondary N) is 1. The Balaban J connectivity index is 2.35. The fourth-order valence-corrected chi connectivity index (χ4v) is 0.625. The van der Waals surface area contributed by atoms with Crippen LogP contribution >= 0.6 is 0 Å². The fourth-order valence-electron chi connectivity index (χ4n) is 0.625. The smallest absolute Gasteiger partial charge is 0.217 e. The standard InChI is InChI=1S/C7H9NO2/c1-6(9)8-5-7-3-2-4-10-7/h2-4H,5H2,1H3,(H,8,9). The van der Waals surface area contributed by atoms with Crippen molar-refractivity contribution >= 4 is 5.91 Å². The van der Waals surface area contributed by atoms with Crippen LogP contribution in [-0.2, 0) is 11.3 Å². The highest BCUT2D eigenvalue weighted by Crippen LogP contribution is 1.97. The first-order chi connectivity index (χ1) is 4.79.